The number of rotatable bonds is 7. The second-order valence-electron chi connectivity index (χ2n) is 5.99. The highest BCUT2D eigenvalue weighted by Gasteiger charge is 2.28. The Bertz CT molecular complexity index is 903. The summed E-state index contributed by atoms with van der Waals surface area (Å²) >= 11 is 1.41. The SMILES string of the molecule is CCC(F)(F)c1cccc(Nc2nc(Cc3ccccc3)nc(SC)n2)c1. The van der Waals surface area contributed by atoms with E-state index in [4.69, 9.17) is 0 Å². The van der Waals surface area contributed by atoms with E-state index in [9.17, 15) is 8.78 Å². The molecule has 0 aliphatic rings. The summed E-state index contributed by atoms with van der Waals surface area (Å²) in [6.45, 7) is 1.46. The number of anilines is 2. The van der Waals surface area contributed by atoms with Gasteiger partial charge in [0.1, 0.15) is 5.82 Å². The van der Waals surface area contributed by atoms with Crippen LogP contribution in [0, 0.1) is 0 Å². The number of aromatic nitrogens is 3. The number of hydrogen-bond donors (Lipinski definition) is 1. The minimum Gasteiger partial charge on any atom is -0.324 e. The minimum atomic E-state index is -2.86. The average molecular weight is 386 g/mol. The molecular weight excluding hydrogens is 366 g/mol. The quantitative estimate of drug-likeness (QED) is 0.549. The van der Waals surface area contributed by atoms with E-state index in [0.717, 1.165) is 5.56 Å². The predicted octanol–water partition coefficient (Wildman–Crippen LogP) is 5.43. The maximum Gasteiger partial charge on any atom is 0.273 e. The standard InChI is InChI=1S/C20H20F2N4S/c1-3-20(21,22)15-10-7-11-16(13-15)23-18-24-17(25-19(26-18)27-2)12-14-8-5-4-6-9-14/h4-11,13H,3,12H2,1-2H3,(H,23,24,25,26). The Balaban J connectivity index is 1.86. The Morgan fingerprint density at radius 2 is 1.78 bits per heavy atom. The minimum absolute atomic E-state index is 0.0290. The van der Waals surface area contributed by atoms with Crippen LogP contribution in [0.1, 0.15) is 30.3 Å². The summed E-state index contributed by atoms with van der Waals surface area (Å²) in [6.07, 6.45) is 2.20. The summed E-state index contributed by atoms with van der Waals surface area (Å²) in [7, 11) is 0. The maximum atomic E-state index is 14.0. The molecule has 0 unspecified atom stereocenters. The lowest BCUT2D eigenvalue weighted by molar-refractivity contribution is -0.00823. The molecule has 0 atom stereocenters. The summed E-state index contributed by atoms with van der Waals surface area (Å²) < 4.78 is 27.9. The molecule has 1 heterocycles. The van der Waals surface area contributed by atoms with Gasteiger partial charge in [-0.1, -0.05) is 61.2 Å². The van der Waals surface area contributed by atoms with Crippen molar-refractivity contribution in [3.8, 4) is 0 Å². The molecule has 2 aromatic carbocycles. The smallest absolute Gasteiger partial charge is 0.273 e. The summed E-state index contributed by atoms with van der Waals surface area (Å²) in [5.41, 5.74) is 1.58. The molecule has 0 saturated carbocycles. The van der Waals surface area contributed by atoms with Gasteiger partial charge in [0.05, 0.1) is 0 Å². The highest BCUT2D eigenvalue weighted by atomic mass is 32.2. The van der Waals surface area contributed by atoms with Crippen LogP contribution in [0.3, 0.4) is 0 Å². The largest absolute Gasteiger partial charge is 0.324 e. The lowest BCUT2D eigenvalue weighted by Gasteiger charge is -2.15. The lowest BCUT2D eigenvalue weighted by atomic mass is 10.1. The number of nitrogens with zero attached hydrogens (tertiary/aromatic N) is 3. The molecule has 0 bridgehead atoms. The zero-order valence-electron chi connectivity index (χ0n) is 15.1. The Morgan fingerprint density at radius 3 is 2.48 bits per heavy atom. The van der Waals surface area contributed by atoms with Gasteiger partial charge >= 0.3 is 0 Å². The normalized spacial score (nSPS) is 11.4. The Labute approximate surface area is 161 Å². The molecule has 140 valence electrons. The number of nitrogens with one attached hydrogen (secondary N) is 1. The first-order valence-electron chi connectivity index (χ1n) is 8.58. The van der Waals surface area contributed by atoms with Crippen molar-refractivity contribution in [1.82, 2.24) is 15.0 Å². The highest BCUT2D eigenvalue weighted by molar-refractivity contribution is 7.98. The molecule has 4 nitrogen and oxygen atoms in total. The molecule has 0 saturated heterocycles. The molecule has 0 aliphatic carbocycles. The van der Waals surface area contributed by atoms with Crippen LogP contribution in [0.2, 0.25) is 0 Å². The fourth-order valence-electron chi connectivity index (χ4n) is 2.56. The fourth-order valence-corrected chi connectivity index (χ4v) is 2.94. The lowest BCUT2D eigenvalue weighted by Crippen LogP contribution is -2.12. The number of alkyl halides is 2. The molecule has 1 aromatic heterocycles. The van der Waals surface area contributed by atoms with Gasteiger partial charge in [0, 0.05) is 24.1 Å². The molecule has 3 rings (SSSR count). The summed E-state index contributed by atoms with van der Waals surface area (Å²) in [5.74, 6) is -1.89. The van der Waals surface area contributed by atoms with E-state index in [-0.39, 0.29) is 12.0 Å². The van der Waals surface area contributed by atoms with Gasteiger partial charge in [0.25, 0.3) is 5.92 Å². The third-order valence-corrected chi connectivity index (χ3v) is 4.58. The van der Waals surface area contributed by atoms with Crippen molar-refractivity contribution in [3.63, 3.8) is 0 Å². The van der Waals surface area contributed by atoms with E-state index in [2.05, 4.69) is 20.3 Å². The maximum absolute atomic E-state index is 14.0. The molecule has 3 aromatic rings. The summed E-state index contributed by atoms with van der Waals surface area (Å²) in [6, 6.07) is 16.1. The Hall–Kier alpha value is -2.54. The average Bonchev–Trinajstić information content (AvgIpc) is 2.68. The van der Waals surface area contributed by atoms with Crippen molar-refractivity contribution in [2.75, 3.05) is 11.6 Å². The predicted molar refractivity (Wildman–Crippen MR) is 105 cm³/mol. The van der Waals surface area contributed by atoms with Crippen LogP contribution in [-0.4, -0.2) is 21.2 Å². The van der Waals surface area contributed by atoms with Crippen molar-refractivity contribution in [1.29, 1.82) is 0 Å². The van der Waals surface area contributed by atoms with Crippen LogP contribution in [-0.2, 0) is 12.3 Å². The molecule has 1 N–H and O–H groups in total. The van der Waals surface area contributed by atoms with Crippen LogP contribution >= 0.6 is 11.8 Å². The van der Waals surface area contributed by atoms with Crippen molar-refractivity contribution in [2.45, 2.75) is 30.8 Å². The summed E-state index contributed by atoms with van der Waals surface area (Å²) in [4.78, 5) is 13.2. The van der Waals surface area contributed by atoms with Gasteiger partial charge in [-0.3, -0.25) is 0 Å². The second kappa shape index (κ2) is 8.43. The van der Waals surface area contributed by atoms with Crippen LogP contribution < -0.4 is 5.32 Å². The van der Waals surface area contributed by atoms with Gasteiger partial charge in [-0.25, -0.2) is 13.8 Å². The van der Waals surface area contributed by atoms with Gasteiger partial charge in [0.2, 0.25) is 5.95 Å². The number of halogens is 2. The zero-order chi connectivity index (χ0) is 19.3. The van der Waals surface area contributed by atoms with Crippen molar-refractivity contribution >= 4 is 23.4 Å². The van der Waals surface area contributed by atoms with Crippen LogP contribution in [0.25, 0.3) is 0 Å². The van der Waals surface area contributed by atoms with Crippen molar-refractivity contribution < 1.29 is 8.78 Å². The van der Waals surface area contributed by atoms with E-state index in [1.54, 1.807) is 12.1 Å². The fraction of sp³-hybridized carbons (Fsp3) is 0.250. The molecule has 0 amide bonds. The molecule has 7 heteroatoms. The van der Waals surface area contributed by atoms with Crippen molar-refractivity contribution in [3.05, 3.63) is 71.5 Å². The third-order valence-electron chi connectivity index (χ3n) is 4.03. The topological polar surface area (TPSA) is 50.7 Å². The van der Waals surface area contributed by atoms with Crippen LogP contribution in [0.5, 0.6) is 0 Å². The molecule has 0 fully saturated rings. The van der Waals surface area contributed by atoms with Gasteiger partial charge < -0.3 is 5.32 Å². The second-order valence-corrected chi connectivity index (χ2v) is 6.76. The van der Waals surface area contributed by atoms with Gasteiger partial charge in [-0.15, -0.1) is 0 Å². The van der Waals surface area contributed by atoms with E-state index in [1.807, 2.05) is 36.6 Å². The number of thioether (sulfide) groups is 1. The van der Waals surface area contributed by atoms with Crippen molar-refractivity contribution in [2.24, 2.45) is 0 Å². The highest BCUT2D eigenvalue weighted by Crippen LogP contribution is 2.33. The zero-order valence-corrected chi connectivity index (χ0v) is 15.9. The van der Waals surface area contributed by atoms with Gasteiger partial charge in [-0.05, 0) is 24.0 Å². The van der Waals surface area contributed by atoms with Gasteiger partial charge in [-0.2, -0.15) is 9.97 Å². The number of benzene rings is 2. The van der Waals surface area contributed by atoms with Gasteiger partial charge in [0.15, 0.2) is 5.16 Å². The van der Waals surface area contributed by atoms with E-state index in [0.29, 0.717) is 29.0 Å². The van der Waals surface area contributed by atoms with Crippen LogP contribution in [0.4, 0.5) is 20.4 Å². The molecule has 0 aliphatic heterocycles. The molecular formula is C20H20F2N4S. The molecule has 0 radical (unpaired) electrons. The molecule has 0 spiro atoms. The Kier molecular flexibility index (Phi) is 6.01. The van der Waals surface area contributed by atoms with E-state index >= 15 is 0 Å². The van der Waals surface area contributed by atoms with Crippen LogP contribution in [0.15, 0.2) is 59.8 Å². The molecule has 27 heavy (non-hydrogen) atoms. The number of hydrogen-bond acceptors (Lipinski definition) is 5. The first-order valence-corrected chi connectivity index (χ1v) is 9.81. The van der Waals surface area contributed by atoms with E-state index < -0.39 is 5.92 Å². The third kappa shape index (κ3) is 5.01. The monoisotopic (exact) mass is 386 g/mol. The Morgan fingerprint density at radius 1 is 1.00 bits per heavy atom. The first kappa shape index (κ1) is 19.2. The van der Waals surface area contributed by atoms with E-state index in [1.165, 1.54) is 30.8 Å². The first-order chi connectivity index (χ1) is 13.0. The summed E-state index contributed by atoms with van der Waals surface area (Å²) in [5, 5.41) is 3.61.